The first-order valence-electron chi connectivity index (χ1n) is 7.40. The van der Waals surface area contributed by atoms with Gasteiger partial charge in [-0.05, 0) is 37.7 Å². The monoisotopic (exact) mass is 258 g/mol. The Kier molecular flexibility index (Phi) is 3.83. The molecule has 1 aromatic rings. The maximum atomic E-state index is 12.1. The number of nitrogens with one attached hydrogen (secondary N) is 2. The first-order valence-corrected chi connectivity index (χ1v) is 7.40. The average Bonchev–Trinajstić information content (AvgIpc) is 3.07. The molecule has 2 N–H and O–H groups in total. The van der Waals surface area contributed by atoms with E-state index in [4.69, 9.17) is 0 Å². The number of aryl methyl sites for hydroxylation is 1. The van der Waals surface area contributed by atoms with Crippen LogP contribution in [0.2, 0.25) is 0 Å². The summed E-state index contributed by atoms with van der Waals surface area (Å²) < 4.78 is 0. The predicted octanol–water partition coefficient (Wildman–Crippen LogP) is 1.88. The maximum absolute atomic E-state index is 12.1. The van der Waals surface area contributed by atoms with Crippen molar-refractivity contribution in [2.45, 2.75) is 44.2 Å². The first-order chi connectivity index (χ1) is 9.33. The van der Waals surface area contributed by atoms with Gasteiger partial charge in [-0.2, -0.15) is 0 Å². The molecule has 102 valence electrons. The Bertz CT molecular complexity index is 432. The summed E-state index contributed by atoms with van der Waals surface area (Å²) in [6.45, 7) is 0.793. The van der Waals surface area contributed by atoms with E-state index in [-0.39, 0.29) is 11.8 Å². The lowest BCUT2D eigenvalue weighted by molar-refractivity contribution is -0.125. The molecule has 2 bridgehead atoms. The number of benzene rings is 1. The Morgan fingerprint density at radius 1 is 1.26 bits per heavy atom. The fraction of sp³-hybridized carbons (Fsp3) is 0.562. The van der Waals surface area contributed by atoms with Crippen LogP contribution in [0, 0.1) is 5.92 Å². The van der Waals surface area contributed by atoms with Gasteiger partial charge >= 0.3 is 0 Å². The van der Waals surface area contributed by atoms with Crippen LogP contribution in [0.1, 0.15) is 31.2 Å². The van der Waals surface area contributed by atoms with Crippen LogP contribution in [-0.2, 0) is 11.2 Å². The normalized spacial score (nSPS) is 28.5. The van der Waals surface area contributed by atoms with Crippen molar-refractivity contribution in [3.8, 4) is 0 Å². The minimum atomic E-state index is 0.218. The molecule has 19 heavy (non-hydrogen) atoms. The van der Waals surface area contributed by atoms with E-state index in [0.717, 1.165) is 25.8 Å². The molecule has 0 radical (unpaired) electrons. The number of amides is 1. The molecule has 3 rings (SSSR count). The van der Waals surface area contributed by atoms with Crippen LogP contribution >= 0.6 is 0 Å². The molecule has 0 spiro atoms. The molecular formula is C16H22N2O. The van der Waals surface area contributed by atoms with Gasteiger partial charge in [-0.3, -0.25) is 4.79 Å². The number of fused-ring (bicyclic) bond motifs is 2. The van der Waals surface area contributed by atoms with Gasteiger partial charge in [-0.25, -0.2) is 0 Å². The zero-order valence-electron chi connectivity index (χ0n) is 11.3. The van der Waals surface area contributed by atoms with E-state index in [0.29, 0.717) is 12.1 Å². The third-order valence-corrected chi connectivity index (χ3v) is 4.42. The van der Waals surface area contributed by atoms with Gasteiger partial charge in [0, 0.05) is 18.6 Å². The summed E-state index contributed by atoms with van der Waals surface area (Å²) >= 11 is 0. The van der Waals surface area contributed by atoms with E-state index in [1.807, 2.05) is 6.07 Å². The molecule has 3 heteroatoms. The molecule has 0 saturated carbocycles. The van der Waals surface area contributed by atoms with Crippen molar-refractivity contribution >= 4 is 5.91 Å². The predicted molar refractivity (Wildman–Crippen MR) is 75.8 cm³/mol. The van der Waals surface area contributed by atoms with Crippen LogP contribution in [0.5, 0.6) is 0 Å². The van der Waals surface area contributed by atoms with Crippen molar-refractivity contribution in [1.29, 1.82) is 0 Å². The molecule has 0 aliphatic carbocycles. The van der Waals surface area contributed by atoms with Crippen molar-refractivity contribution in [2.24, 2.45) is 5.92 Å². The summed E-state index contributed by atoms with van der Waals surface area (Å²) in [7, 11) is 0. The van der Waals surface area contributed by atoms with E-state index < -0.39 is 0 Å². The quantitative estimate of drug-likeness (QED) is 0.792. The number of carbonyl (C=O) groups is 1. The van der Waals surface area contributed by atoms with Crippen LogP contribution in [0.25, 0.3) is 0 Å². The maximum Gasteiger partial charge on any atom is 0.224 e. The van der Waals surface area contributed by atoms with Crippen molar-refractivity contribution in [3.63, 3.8) is 0 Å². The van der Waals surface area contributed by atoms with E-state index in [1.54, 1.807) is 0 Å². The first kappa shape index (κ1) is 12.7. The van der Waals surface area contributed by atoms with E-state index in [1.165, 1.54) is 18.4 Å². The van der Waals surface area contributed by atoms with Crippen LogP contribution in [0.3, 0.4) is 0 Å². The molecule has 1 aromatic carbocycles. The van der Waals surface area contributed by atoms with Crippen LogP contribution in [0.15, 0.2) is 30.3 Å². The second kappa shape index (κ2) is 5.74. The largest absolute Gasteiger partial charge is 0.356 e. The summed E-state index contributed by atoms with van der Waals surface area (Å²) in [5.74, 6) is 0.475. The zero-order chi connectivity index (χ0) is 13.1. The molecule has 3 unspecified atom stereocenters. The van der Waals surface area contributed by atoms with E-state index in [9.17, 15) is 4.79 Å². The SMILES string of the molecule is O=C(NCCCc1ccccc1)C1CC2CCC1N2. The molecule has 0 aromatic heterocycles. The number of rotatable bonds is 5. The highest BCUT2D eigenvalue weighted by Crippen LogP contribution is 2.33. The Balaban J connectivity index is 1.37. The average molecular weight is 258 g/mol. The summed E-state index contributed by atoms with van der Waals surface area (Å²) in [5, 5.41) is 6.61. The summed E-state index contributed by atoms with van der Waals surface area (Å²) in [5.41, 5.74) is 1.35. The van der Waals surface area contributed by atoms with Crippen LogP contribution in [0.4, 0.5) is 0 Å². The van der Waals surface area contributed by atoms with Gasteiger partial charge in [-0.1, -0.05) is 30.3 Å². The highest BCUT2D eigenvalue weighted by Gasteiger charge is 2.42. The van der Waals surface area contributed by atoms with Crippen molar-refractivity contribution in [3.05, 3.63) is 35.9 Å². The standard InChI is InChI=1S/C16H22N2O/c19-16(14-11-13-8-9-15(14)18-13)17-10-4-7-12-5-2-1-3-6-12/h1-3,5-6,13-15,18H,4,7-11H2,(H,17,19). The van der Waals surface area contributed by atoms with Gasteiger partial charge in [0.1, 0.15) is 0 Å². The van der Waals surface area contributed by atoms with E-state index in [2.05, 4.69) is 34.9 Å². The number of hydrogen-bond acceptors (Lipinski definition) is 2. The smallest absolute Gasteiger partial charge is 0.224 e. The second-order valence-electron chi connectivity index (χ2n) is 5.77. The zero-order valence-corrected chi connectivity index (χ0v) is 11.3. The fourth-order valence-electron chi connectivity index (χ4n) is 3.39. The van der Waals surface area contributed by atoms with Gasteiger partial charge in [0.25, 0.3) is 0 Å². The van der Waals surface area contributed by atoms with Gasteiger partial charge in [-0.15, -0.1) is 0 Å². The lowest BCUT2D eigenvalue weighted by Crippen LogP contribution is -2.38. The minimum absolute atomic E-state index is 0.218. The molecule has 1 amide bonds. The summed E-state index contributed by atoms with van der Waals surface area (Å²) in [6, 6.07) is 11.5. The lowest BCUT2D eigenvalue weighted by Gasteiger charge is -2.19. The Morgan fingerprint density at radius 2 is 2.11 bits per heavy atom. The van der Waals surface area contributed by atoms with Gasteiger partial charge in [0.2, 0.25) is 5.91 Å². The molecular weight excluding hydrogens is 236 g/mol. The molecule has 2 saturated heterocycles. The highest BCUT2D eigenvalue weighted by molar-refractivity contribution is 5.80. The molecule has 2 heterocycles. The molecule has 3 atom stereocenters. The summed E-state index contributed by atoms with van der Waals surface area (Å²) in [4.78, 5) is 12.1. The highest BCUT2D eigenvalue weighted by atomic mass is 16.1. The van der Waals surface area contributed by atoms with Crippen LogP contribution in [-0.4, -0.2) is 24.5 Å². The van der Waals surface area contributed by atoms with Gasteiger partial charge in [0.05, 0.1) is 5.92 Å². The Labute approximate surface area is 114 Å². The molecule has 2 aliphatic heterocycles. The van der Waals surface area contributed by atoms with Crippen molar-refractivity contribution in [2.75, 3.05) is 6.54 Å². The van der Waals surface area contributed by atoms with E-state index >= 15 is 0 Å². The van der Waals surface area contributed by atoms with Crippen LogP contribution < -0.4 is 10.6 Å². The number of hydrogen-bond donors (Lipinski definition) is 2. The fourth-order valence-corrected chi connectivity index (χ4v) is 3.39. The van der Waals surface area contributed by atoms with Crippen molar-refractivity contribution in [1.82, 2.24) is 10.6 Å². The Morgan fingerprint density at radius 3 is 2.79 bits per heavy atom. The molecule has 2 aliphatic rings. The second-order valence-corrected chi connectivity index (χ2v) is 5.77. The third kappa shape index (κ3) is 2.98. The minimum Gasteiger partial charge on any atom is -0.356 e. The van der Waals surface area contributed by atoms with Gasteiger partial charge in [0.15, 0.2) is 0 Å². The number of carbonyl (C=O) groups excluding carboxylic acids is 1. The lowest BCUT2D eigenvalue weighted by atomic mass is 9.88. The molecule has 3 nitrogen and oxygen atoms in total. The summed E-state index contributed by atoms with van der Waals surface area (Å²) in [6.07, 6.45) is 5.52. The Hall–Kier alpha value is -1.35. The topological polar surface area (TPSA) is 41.1 Å². The third-order valence-electron chi connectivity index (χ3n) is 4.42. The van der Waals surface area contributed by atoms with Crippen molar-refractivity contribution < 1.29 is 4.79 Å². The molecule has 2 fully saturated rings. The van der Waals surface area contributed by atoms with Gasteiger partial charge < -0.3 is 10.6 Å².